The first-order valence-corrected chi connectivity index (χ1v) is 9.01. The maximum atomic E-state index is 13.0. The molecule has 7 nitrogen and oxygen atoms in total. The van der Waals surface area contributed by atoms with E-state index in [1.165, 1.54) is 4.90 Å². The Hall–Kier alpha value is -2.25. The molecule has 1 aromatic carbocycles. The van der Waals surface area contributed by atoms with Crippen molar-refractivity contribution in [2.24, 2.45) is 11.7 Å². The van der Waals surface area contributed by atoms with Crippen LogP contribution in [-0.2, 0) is 9.59 Å². The predicted octanol–water partition coefficient (Wildman–Crippen LogP) is 0.670. The second-order valence-electron chi connectivity index (χ2n) is 6.76. The van der Waals surface area contributed by atoms with Gasteiger partial charge in [0.25, 0.3) is 5.91 Å². The minimum Gasteiger partial charge on any atom is -0.390 e. The third-order valence-electron chi connectivity index (χ3n) is 4.77. The van der Waals surface area contributed by atoms with E-state index in [2.05, 4.69) is 5.32 Å². The summed E-state index contributed by atoms with van der Waals surface area (Å²) >= 11 is 0. The number of nitrogens with two attached hydrogens (primary N) is 1. The second-order valence-corrected chi connectivity index (χ2v) is 6.76. The Morgan fingerprint density at radius 2 is 2.00 bits per heavy atom. The summed E-state index contributed by atoms with van der Waals surface area (Å²) in [6.07, 6.45) is 0.755. The molecule has 2 rings (SSSR count). The number of hydrogen-bond donors (Lipinski definition) is 3. The molecule has 0 aromatic heterocycles. The summed E-state index contributed by atoms with van der Waals surface area (Å²) in [4.78, 5) is 38.3. The van der Waals surface area contributed by atoms with Gasteiger partial charge in [-0.05, 0) is 37.9 Å². The van der Waals surface area contributed by atoms with Crippen molar-refractivity contribution >= 4 is 17.7 Å². The SMILES string of the molecule is CC(CCC(=O)N(C(=O)c1ccccc1)C1CCCNC[C@@H]1O)C(N)=O. The highest BCUT2D eigenvalue weighted by Gasteiger charge is 2.35. The van der Waals surface area contributed by atoms with Gasteiger partial charge in [0.15, 0.2) is 0 Å². The summed E-state index contributed by atoms with van der Waals surface area (Å²) in [5.41, 5.74) is 5.65. The number of imide groups is 1. The van der Waals surface area contributed by atoms with E-state index in [4.69, 9.17) is 5.73 Å². The Kier molecular flexibility index (Phi) is 7.29. The fraction of sp³-hybridized carbons (Fsp3) is 0.526. The molecule has 2 unspecified atom stereocenters. The van der Waals surface area contributed by atoms with Crippen LogP contribution in [0.15, 0.2) is 30.3 Å². The van der Waals surface area contributed by atoms with Crippen LogP contribution in [0.25, 0.3) is 0 Å². The minimum atomic E-state index is -0.831. The highest BCUT2D eigenvalue weighted by Crippen LogP contribution is 2.20. The van der Waals surface area contributed by atoms with Gasteiger partial charge in [-0.1, -0.05) is 25.1 Å². The molecule has 1 aromatic rings. The van der Waals surface area contributed by atoms with Crippen LogP contribution >= 0.6 is 0 Å². The van der Waals surface area contributed by atoms with Gasteiger partial charge in [-0.3, -0.25) is 19.3 Å². The first-order valence-electron chi connectivity index (χ1n) is 9.01. The number of aliphatic hydroxyl groups is 1. The van der Waals surface area contributed by atoms with Gasteiger partial charge < -0.3 is 16.2 Å². The lowest BCUT2D eigenvalue weighted by atomic mass is 10.00. The van der Waals surface area contributed by atoms with E-state index in [1.807, 2.05) is 0 Å². The molecule has 3 atom stereocenters. The number of β-amino-alcohol motifs (C(OH)–C–C–N with tert-alkyl or cyclic N) is 1. The summed E-state index contributed by atoms with van der Waals surface area (Å²) in [5, 5.41) is 13.6. The number of nitrogens with one attached hydrogen (secondary N) is 1. The Balaban J connectivity index is 2.24. The fourth-order valence-corrected chi connectivity index (χ4v) is 3.09. The molecule has 0 bridgehead atoms. The van der Waals surface area contributed by atoms with Gasteiger partial charge in [-0.25, -0.2) is 0 Å². The molecule has 26 heavy (non-hydrogen) atoms. The predicted molar refractivity (Wildman–Crippen MR) is 97.1 cm³/mol. The van der Waals surface area contributed by atoms with E-state index in [1.54, 1.807) is 37.3 Å². The van der Waals surface area contributed by atoms with Gasteiger partial charge in [0.05, 0.1) is 12.1 Å². The number of hydrogen-bond acceptors (Lipinski definition) is 5. The Labute approximate surface area is 153 Å². The zero-order valence-electron chi connectivity index (χ0n) is 15.1. The topological polar surface area (TPSA) is 113 Å². The number of carbonyl (C=O) groups excluding carboxylic acids is 3. The number of primary amides is 1. The number of amides is 3. The van der Waals surface area contributed by atoms with Crippen LogP contribution in [-0.4, -0.2) is 53.0 Å². The van der Waals surface area contributed by atoms with Crippen molar-refractivity contribution in [3.63, 3.8) is 0 Å². The quantitative estimate of drug-likeness (QED) is 0.689. The highest BCUT2D eigenvalue weighted by molar-refractivity contribution is 6.05. The van der Waals surface area contributed by atoms with Crippen LogP contribution in [0.5, 0.6) is 0 Å². The zero-order chi connectivity index (χ0) is 19.1. The van der Waals surface area contributed by atoms with Gasteiger partial charge in [0.1, 0.15) is 0 Å². The summed E-state index contributed by atoms with van der Waals surface area (Å²) < 4.78 is 0. The summed E-state index contributed by atoms with van der Waals surface area (Å²) in [5.74, 6) is -1.74. The van der Waals surface area contributed by atoms with Crippen LogP contribution in [0.1, 0.15) is 43.0 Å². The normalized spacial score (nSPS) is 21.5. The van der Waals surface area contributed by atoms with Gasteiger partial charge in [-0.15, -0.1) is 0 Å². The Bertz CT molecular complexity index is 635. The average Bonchev–Trinajstić information content (AvgIpc) is 2.85. The monoisotopic (exact) mass is 361 g/mol. The van der Waals surface area contributed by atoms with Gasteiger partial charge >= 0.3 is 0 Å². The standard InChI is InChI=1S/C19H27N3O4/c1-13(18(20)25)9-10-17(24)22(15-8-5-11-21-12-16(15)23)19(26)14-6-3-2-4-7-14/h2-4,6-7,13,15-16,21,23H,5,8-12H2,1H3,(H2,20,25)/t13?,15?,16-/m0/s1. The van der Waals surface area contributed by atoms with Crippen molar-refractivity contribution in [1.29, 1.82) is 0 Å². The summed E-state index contributed by atoms with van der Waals surface area (Å²) in [7, 11) is 0. The van der Waals surface area contributed by atoms with Crippen molar-refractivity contribution in [2.75, 3.05) is 13.1 Å². The lowest BCUT2D eigenvalue weighted by Crippen LogP contribution is -2.51. The molecular weight excluding hydrogens is 334 g/mol. The molecule has 7 heteroatoms. The van der Waals surface area contributed by atoms with Crippen LogP contribution in [0.2, 0.25) is 0 Å². The number of aliphatic hydroxyl groups excluding tert-OH is 1. The fourth-order valence-electron chi connectivity index (χ4n) is 3.09. The summed E-state index contributed by atoms with van der Waals surface area (Å²) in [6.45, 7) is 2.71. The maximum Gasteiger partial charge on any atom is 0.260 e. The molecule has 4 N–H and O–H groups in total. The van der Waals surface area contributed by atoms with E-state index in [0.717, 1.165) is 13.0 Å². The zero-order valence-corrected chi connectivity index (χ0v) is 15.1. The molecule has 0 spiro atoms. The molecule has 3 amide bonds. The van der Waals surface area contributed by atoms with E-state index >= 15 is 0 Å². The number of benzene rings is 1. The summed E-state index contributed by atoms with van der Waals surface area (Å²) in [6, 6.07) is 7.97. The van der Waals surface area contributed by atoms with Crippen molar-refractivity contribution in [3.05, 3.63) is 35.9 Å². The lowest BCUT2D eigenvalue weighted by Gasteiger charge is -2.32. The van der Waals surface area contributed by atoms with E-state index in [9.17, 15) is 19.5 Å². The molecule has 1 saturated heterocycles. The molecular formula is C19H27N3O4. The third-order valence-corrected chi connectivity index (χ3v) is 4.77. The first kappa shape index (κ1) is 20.1. The van der Waals surface area contributed by atoms with E-state index in [-0.39, 0.29) is 12.8 Å². The highest BCUT2D eigenvalue weighted by atomic mass is 16.3. The molecule has 0 radical (unpaired) electrons. The lowest BCUT2D eigenvalue weighted by molar-refractivity contribution is -0.133. The largest absolute Gasteiger partial charge is 0.390 e. The molecule has 1 aliphatic heterocycles. The second kappa shape index (κ2) is 9.45. The van der Waals surface area contributed by atoms with Crippen LogP contribution in [0.3, 0.4) is 0 Å². The van der Waals surface area contributed by atoms with E-state index in [0.29, 0.717) is 18.5 Å². The molecule has 0 aliphatic carbocycles. The van der Waals surface area contributed by atoms with Gasteiger partial charge in [0.2, 0.25) is 11.8 Å². The number of nitrogens with zero attached hydrogens (tertiary/aromatic N) is 1. The van der Waals surface area contributed by atoms with Crippen LogP contribution in [0, 0.1) is 5.92 Å². The van der Waals surface area contributed by atoms with Crippen LogP contribution in [0.4, 0.5) is 0 Å². The number of carbonyl (C=O) groups is 3. The van der Waals surface area contributed by atoms with Gasteiger partial charge in [-0.2, -0.15) is 0 Å². The molecule has 0 saturated carbocycles. The minimum absolute atomic E-state index is 0.0271. The van der Waals surface area contributed by atoms with Crippen molar-refractivity contribution < 1.29 is 19.5 Å². The number of rotatable bonds is 6. The molecule has 1 aliphatic rings. The van der Waals surface area contributed by atoms with E-state index < -0.39 is 35.8 Å². The molecule has 1 heterocycles. The van der Waals surface area contributed by atoms with Crippen molar-refractivity contribution in [3.8, 4) is 0 Å². The third kappa shape index (κ3) is 5.12. The Morgan fingerprint density at radius 3 is 2.65 bits per heavy atom. The molecule has 1 fully saturated rings. The maximum absolute atomic E-state index is 13.0. The first-order chi connectivity index (χ1) is 12.4. The van der Waals surface area contributed by atoms with Crippen molar-refractivity contribution in [2.45, 2.75) is 44.8 Å². The smallest absolute Gasteiger partial charge is 0.260 e. The molecule has 142 valence electrons. The van der Waals surface area contributed by atoms with Gasteiger partial charge in [0, 0.05) is 24.4 Å². The average molecular weight is 361 g/mol. The Morgan fingerprint density at radius 1 is 1.31 bits per heavy atom. The van der Waals surface area contributed by atoms with Crippen molar-refractivity contribution in [1.82, 2.24) is 10.2 Å². The van der Waals surface area contributed by atoms with Crippen LogP contribution < -0.4 is 11.1 Å².